The highest BCUT2D eigenvalue weighted by Crippen LogP contribution is 2.30. The van der Waals surface area contributed by atoms with Gasteiger partial charge in [-0.25, -0.2) is 0 Å². The predicted octanol–water partition coefficient (Wildman–Crippen LogP) is 2.42. The van der Waals surface area contributed by atoms with Gasteiger partial charge in [0.2, 0.25) is 5.89 Å². The van der Waals surface area contributed by atoms with Crippen LogP contribution in [-0.4, -0.2) is 46.8 Å². The van der Waals surface area contributed by atoms with Crippen LogP contribution in [0.3, 0.4) is 0 Å². The molecule has 0 aliphatic carbocycles. The van der Waals surface area contributed by atoms with E-state index >= 15 is 0 Å². The van der Waals surface area contributed by atoms with E-state index in [-0.39, 0.29) is 6.04 Å². The minimum Gasteiger partial charge on any atom is -0.384 e. The summed E-state index contributed by atoms with van der Waals surface area (Å²) < 4.78 is 10.5. The van der Waals surface area contributed by atoms with Gasteiger partial charge in [0.25, 0.3) is 0 Å². The Labute approximate surface area is 136 Å². The lowest BCUT2D eigenvalue weighted by atomic mass is 10.1. The number of aryl methyl sites for hydroxylation is 1. The van der Waals surface area contributed by atoms with Crippen molar-refractivity contribution in [1.82, 2.24) is 20.0 Å². The Morgan fingerprint density at radius 2 is 2.35 bits per heavy atom. The van der Waals surface area contributed by atoms with Gasteiger partial charge in [-0.05, 0) is 50.4 Å². The summed E-state index contributed by atoms with van der Waals surface area (Å²) in [6.45, 7) is 2.78. The number of likely N-dealkylation sites (tertiary alicyclic amines) is 1. The molecule has 0 unspecified atom stereocenters. The molecule has 2 aromatic rings. The maximum atomic E-state index is 5.47. The smallest absolute Gasteiger partial charge is 0.243 e. The molecule has 0 spiro atoms. The van der Waals surface area contributed by atoms with E-state index in [0.717, 1.165) is 44.1 Å². The molecule has 1 aliphatic heterocycles. The molecular weight excluding hydrogens is 292 g/mol. The van der Waals surface area contributed by atoms with Gasteiger partial charge >= 0.3 is 0 Å². The Balaban J connectivity index is 1.52. The molecule has 0 N–H and O–H groups in total. The number of aromatic nitrogens is 3. The van der Waals surface area contributed by atoms with Crippen molar-refractivity contribution >= 4 is 0 Å². The minimum absolute atomic E-state index is 0.271. The summed E-state index contributed by atoms with van der Waals surface area (Å²) in [4.78, 5) is 11.2. The Bertz CT molecular complexity index is 587. The van der Waals surface area contributed by atoms with E-state index in [1.54, 1.807) is 7.11 Å². The second-order valence-corrected chi connectivity index (χ2v) is 5.95. The van der Waals surface area contributed by atoms with E-state index in [2.05, 4.69) is 26.1 Å². The van der Waals surface area contributed by atoms with Crippen molar-refractivity contribution in [2.75, 3.05) is 26.8 Å². The van der Waals surface area contributed by atoms with Crippen LogP contribution < -0.4 is 0 Å². The van der Waals surface area contributed by atoms with Crippen molar-refractivity contribution in [3.63, 3.8) is 0 Å². The summed E-state index contributed by atoms with van der Waals surface area (Å²) in [6, 6.07) is 4.40. The zero-order valence-corrected chi connectivity index (χ0v) is 13.6. The van der Waals surface area contributed by atoms with Gasteiger partial charge in [-0.1, -0.05) is 11.2 Å². The average Bonchev–Trinajstić information content (AvgIpc) is 3.23. The third-order valence-corrected chi connectivity index (χ3v) is 4.30. The number of methoxy groups -OCH3 is 1. The average molecular weight is 316 g/mol. The second-order valence-electron chi connectivity index (χ2n) is 5.95. The monoisotopic (exact) mass is 316 g/mol. The van der Waals surface area contributed by atoms with E-state index in [4.69, 9.17) is 9.26 Å². The molecule has 23 heavy (non-hydrogen) atoms. The number of hydrogen-bond acceptors (Lipinski definition) is 6. The molecule has 1 saturated heterocycles. The largest absolute Gasteiger partial charge is 0.384 e. The van der Waals surface area contributed by atoms with Crippen LogP contribution in [0, 0.1) is 0 Å². The summed E-state index contributed by atoms with van der Waals surface area (Å²) in [6.07, 6.45) is 8.92. The molecule has 1 fully saturated rings. The van der Waals surface area contributed by atoms with Gasteiger partial charge in [0, 0.05) is 25.9 Å². The third kappa shape index (κ3) is 4.36. The predicted molar refractivity (Wildman–Crippen MR) is 86.0 cm³/mol. The molecule has 1 atom stereocenters. The summed E-state index contributed by atoms with van der Waals surface area (Å²) in [5.41, 5.74) is 1.29. The molecular formula is C17H24N4O2. The van der Waals surface area contributed by atoms with Crippen LogP contribution in [0.15, 0.2) is 29.0 Å². The van der Waals surface area contributed by atoms with Crippen LogP contribution in [-0.2, 0) is 17.6 Å². The fourth-order valence-corrected chi connectivity index (χ4v) is 3.10. The fraction of sp³-hybridized carbons (Fsp3) is 0.588. The van der Waals surface area contributed by atoms with Crippen molar-refractivity contribution in [1.29, 1.82) is 0 Å². The lowest BCUT2D eigenvalue weighted by molar-refractivity contribution is 0.198. The zero-order chi connectivity index (χ0) is 15.9. The van der Waals surface area contributed by atoms with Crippen LogP contribution in [0.4, 0.5) is 0 Å². The first-order chi connectivity index (χ1) is 11.4. The highest BCUT2D eigenvalue weighted by atomic mass is 16.5. The normalized spacial score (nSPS) is 18.6. The molecule has 3 heterocycles. The van der Waals surface area contributed by atoms with Gasteiger partial charge in [0.05, 0.1) is 12.6 Å². The van der Waals surface area contributed by atoms with Gasteiger partial charge in [-0.3, -0.25) is 9.88 Å². The molecule has 6 heteroatoms. The fourth-order valence-electron chi connectivity index (χ4n) is 3.10. The lowest BCUT2D eigenvalue weighted by Gasteiger charge is -2.21. The molecule has 124 valence electrons. The van der Waals surface area contributed by atoms with Gasteiger partial charge < -0.3 is 9.26 Å². The molecule has 0 bridgehead atoms. The molecule has 0 radical (unpaired) electrons. The highest BCUT2D eigenvalue weighted by Gasteiger charge is 2.30. The van der Waals surface area contributed by atoms with Crippen molar-refractivity contribution in [2.24, 2.45) is 0 Å². The number of rotatable bonds is 8. The summed E-state index contributed by atoms with van der Waals surface area (Å²) in [5, 5.41) is 4.06. The van der Waals surface area contributed by atoms with E-state index in [9.17, 15) is 0 Å². The summed E-state index contributed by atoms with van der Waals surface area (Å²) in [5.74, 6) is 1.50. The Morgan fingerprint density at radius 3 is 3.17 bits per heavy atom. The van der Waals surface area contributed by atoms with Crippen LogP contribution in [0.2, 0.25) is 0 Å². The van der Waals surface area contributed by atoms with E-state index in [1.165, 1.54) is 12.0 Å². The first-order valence-electron chi connectivity index (χ1n) is 8.31. The van der Waals surface area contributed by atoms with Gasteiger partial charge in [0.1, 0.15) is 0 Å². The number of ether oxygens (including phenoxy) is 1. The van der Waals surface area contributed by atoms with Crippen molar-refractivity contribution < 1.29 is 9.26 Å². The van der Waals surface area contributed by atoms with Gasteiger partial charge in [0.15, 0.2) is 5.82 Å². The Kier molecular flexibility index (Phi) is 5.71. The van der Waals surface area contributed by atoms with Crippen molar-refractivity contribution in [3.05, 3.63) is 41.8 Å². The lowest BCUT2D eigenvalue weighted by Crippen LogP contribution is -2.25. The third-order valence-electron chi connectivity index (χ3n) is 4.30. The van der Waals surface area contributed by atoms with Crippen LogP contribution in [0.5, 0.6) is 0 Å². The summed E-state index contributed by atoms with van der Waals surface area (Å²) >= 11 is 0. The van der Waals surface area contributed by atoms with Gasteiger partial charge in [-0.2, -0.15) is 4.98 Å². The van der Waals surface area contributed by atoms with E-state index in [0.29, 0.717) is 13.0 Å². The second kappa shape index (κ2) is 8.17. The van der Waals surface area contributed by atoms with Crippen LogP contribution in [0.1, 0.15) is 42.6 Å². The number of hydrogen-bond donors (Lipinski definition) is 0. The summed E-state index contributed by atoms with van der Waals surface area (Å²) in [7, 11) is 1.68. The maximum absolute atomic E-state index is 5.47. The molecule has 0 amide bonds. The SMILES string of the molecule is COCCc1noc([C@@H]2CCCN2CCCc2cccnc2)n1. The van der Waals surface area contributed by atoms with Crippen LogP contribution >= 0.6 is 0 Å². The molecule has 1 aliphatic rings. The van der Waals surface area contributed by atoms with Crippen molar-refractivity contribution in [2.45, 2.75) is 38.1 Å². The molecule has 2 aromatic heterocycles. The Morgan fingerprint density at radius 1 is 1.39 bits per heavy atom. The topological polar surface area (TPSA) is 64.3 Å². The number of pyridine rings is 1. The molecule has 3 rings (SSSR count). The van der Waals surface area contributed by atoms with E-state index in [1.807, 2.05) is 18.5 Å². The van der Waals surface area contributed by atoms with Gasteiger partial charge in [-0.15, -0.1) is 0 Å². The standard InChI is InChI=1S/C17H24N4O2/c1-22-12-8-16-19-17(23-20-16)15-7-4-11-21(15)10-3-6-14-5-2-9-18-13-14/h2,5,9,13,15H,3-4,6-8,10-12H2,1H3/t15-/m0/s1. The van der Waals surface area contributed by atoms with Crippen LogP contribution in [0.25, 0.3) is 0 Å². The molecule has 6 nitrogen and oxygen atoms in total. The quantitative estimate of drug-likeness (QED) is 0.745. The minimum atomic E-state index is 0.271. The molecule has 0 aromatic carbocycles. The zero-order valence-electron chi connectivity index (χ0n) is 13.6. The first-order valence-corrected chi connectivity index (χ1v) is 8.31. The maximum Gasteiger partial charge on any atom is 0.243 e. The van der Waals surface area contributed by atoms with E-state index < -0.39 is 0 Å². The van der Waals surface area contributed by atoms with Crippen molar-refractivity contribution in [3.8, 4) is 0 Å². The first kappa shape index (κ1) is 16.1. The molecule has 0 saturated carbocycles. The Hall–Kier alpha value is -1.79. The number of nitrogens with zero attached hydrogens (tertiary/aromatic N) is 4. The highest BCUT2D eigenvalue weighted by molar-refractivity contribution is 5.08.